The first-order valence-corrected chi connectivity index (χ1v) is 17.9. The lowest BCUT2D eigenvalue weighted by Crippen LogP contribution is -2.46. The summed E-state index contributed by atoms with van der Waals surface area (Å²) in [4.78, 5) is 16.7. The number of aliphatic hydroxyl groups is 1. The van der Waals surface area contributed by atoms with E-state index in [9.17, 15) is 15.0 Å². The van der Waals surface area contributed by atoms with E-state index < -0.39 is 12.2 Å². The second-order valence-electron chi connectivity index (χ2n) is 12.6. The number of likely N-dealkylation sites (tertiary alicyclic amines) is 1. The fraction of sp³-hybridized carbons (Fsp3) is 0.447. The first-order chi connectivity index (χ1) is 24.0. The summed E-state index contributed by atoms with van der Waals surface area (Å²) in [5.41, 5.74) is 2.10. The van der Waals surface area contributed by atoms with Crippen LogP contribution in [-0.2, 0) is 27.4 Å². The van der Waals surface area contributed by atoms with Crippen LogP contribution in [0.15, 0.2) is 78.2 Å². The molecule has 0 bridgehead atoms. The molecule has 1 amide bonds. The van der Waals surface area contributed by atoms with Crippen molar-refractivity contribution in [3.05, 3.63) is 94.2 Å². The van der Waals surface area contributed by atoms with Crippen LogP contribution in [0.5, 0.6) is 11.5 Å². The Morgan fingerprint density at radius 2 is 1.73 bits per heavy atom. The summed E-state index contributed by atoms with van der Waals surface area (Å²) >= 11 is 1.70. The summed E-state index contributed by atoms with van der Waals surface area (Å²) < 4.78 is 29.5. The zero-order valence-electron chi connectivity index (χ0n) is 27.8. The Morgan fingerprint density at radius 1 is 0.918 bits per heavy atom. The van der Waals surface area contributed by atoms with Gasteiger partial charge in [-0.3, -0.25) is 4.90 Å². The molecule has 3 atom stereocenters. The summed E-state index contributed by atoms with van der Waals surface area (Å²) in [6, 6.07) is 24.3. The molecule has 2 aliphatic heterocycles. The number of ether oxygens (including phenoxy) is 5. The number of amides is 1. The van der Waals surface area contributed by atoms with Crippen LogP contribution >= 0.6 is 11.3 Å². The van der Waals surface area contributed by atoms with Gasteiger partial charge in [-0.2, -0.15) is 0 Å². The van der Waals surface area contributed by atoms with E-state index in [1.54, 1.807) is 11.3 Å². The largest absolute Gasteiger partial charge is 0.494 e. The van der Waals surface area contributed by atoms with E-state index in [2.05, 4.69) is 40.6 Å². The Bertz CT molecular complexity index is 1600. The topological polar surface area (TPSA) is 110 Å². The maximum absolute atomic E-state index is 11.9. The molecule has 11 heteroatoms. The number of carboxylic acid groups (broad SMARTS) is 1. The lowest BCUT2D eigenvalue weighted by molar-refractivity contribution is -0.0199. The fourth-order valence-corrected chi connectivity index (χ4v) is 6.99. The molecular weight excluding hydrogens is 644 g/mol. The van der Waals surface area contributed by atoms with E-state index in [1.807, 2.05) is 42.5 Å². The maximum atomic E-state index is 11.9. The van der Waals surface area contributed by atoms with E-state index in [0.717, 1.165) is 47.2 Å². The second-order valence-corrected chi connectivity index (χ2v) is 13.6. The van der Waals surface area contributed by atoms with Gasteiger partial charge in [0.25, 0.3) is 0 Å². The SMILES string of the molecule is O=C(O)N1CC[C@@H](c2ccc(OCCCOCc3cccs3)cc2)[C@H](OCc2ccc3ccc(OCC(O)CN4CCOCC4)cc3c2)C1. The third-order valence-corrected chi connectivity index (χ3v) is 9.87. The Hall–Kier alpha value is -3.71. The van der Waals surface area contributed by atoms with Crippen LogP contribution in [0.2, 0.25) is 0 Å². The molecule has 1 aromatic heterocycles. The summed E-state index contributed by atoms with van der Waals surface area (Å²) in [5, 5.41) is 24.4. The highest BCUT2D eigenvalue weighted by molar-refractivity contribution is 7.09. The Balaban J connectivity index is 1.02. The Labute approximate surface area is 291 Å². The van der Waals surface area contributed by atoms with Crippen molar-refractivity contribution < 1.29 is 38.7 Å². The van der Waals surface area contributed by atoms with E-state index in [-0.39, 0.29) is 18.6 Å². The van der Waals surface area contributed by atoms with Crippen LogP contribution in [0.1, 0.15) is 34.8 Å². The lowest BCUT2D eigenvalue weighted by Gasteiger charge is -2.37. The number of hydrogen-bond acceptors (Lipinski definition) is 9. The van der Waals surface area contributed by atoms with Crippen molar-refractivity contribution in [1.82, 2.24) is 9.80 Å². The summed E-state index contributed by atoms with van der Waals surface area (Å²) in [7, 11) is 0. The molecule has 2 fully saturated rings. The minimum absolute atomic E-state index is 0.0552. The van der Waals surface area contributed by atoms with Crippen molar-refractivity contribution in [1.29, 1.82) is 0 Å². The molecule has 262 valence electrons. The number of nitrogens with zero attached hydrogens (tertiary/aromatic N) is 2. The molecule has 6 rings (SSSR count). The number of fused-ring (bicyclic) bond motifs is 1. The van der Waals surface area contributed by atoms with Gasteiger partial charge in [-0.05, 0) is 70.1 Å². The average Bonchev–Trinajstić information content (AvgIpc) is 3.65. The van der Waals surface area contributed by atoms with Crippen molar-refractivity contribution in [3.63, 3.8) is 0 Å². The molecule has 0 radical (unpaired) electrons. The summed E-state index contributed by atoms with van der Waals surface area (Å²) in [5.74, 6) is 1.55. The normalized spacial score (nSPS) is 19.2. The number of benzene rings is 3. The molecule has 1 unspecified atom stereocenters. The van der Waals surface area contributed by atoms with Gasteiger partial charge in [0.2, 0.25) is 0 Å². The highest BCUT2D eigenvalue weighted by Gasteiger charge is 2.33. The summed E-state index contributed by atoms with van der Waals surface area (Å²) in [6.45, 7) is 6.78. The minimum Gasteiger partial charge on any atom is -0.494 e. The molecule has 0 aliphatic carbocycles. The van der Waals surface area contributed by atoms with Gasteiger partial charge in [-0.25, -0.2) is 4.79 Å². The van der Waals surface area contributed by atoms with Gasteiger partial charge in [0, 0.05) is 43.4 Å². The summed E-state index contributed by atoms with van der Waals surface area (Å²) in [6.07, 6.45) is -0.330. The quantitative estimate of drug-likeness (QED) is 0.137. The number of carbonyl (C=O) groups is 1. The fourth-order valence-electron chi connectivity index (χ4n) is 6.35. The number of β-amino-alcohol motifs (C(OH)–C–C–N with tert-alkyl or cyclic N) is 1. The smallest absolute Gasteiger partial charge is 0.407 e. The molecule has 0 spiro atoms. The van der Waals surface area contributed by atoms with E-state index in [1.165, 1.54) is 9.78 Å². The maximum Gasteiger partial charge on any atom is 0.407 e. The van der Waals surface area contributed by atoms with Crippen LogP contribution < -0.4 is 9.47 Å². The molecule has 2 N–H and O–H groups in total. The third-order valence-electron chi connectivity index (χ3n) is 9.02. The second kappa shape index (κ2) is 17.8. The molecule has 0 saturated carbocycles. The molecule has 4 aromatic rings. The highest BCUT2D eigenvalue weighted by atomic mass is 32.1. The van der Waals surface area contributed by atoms with Crippen LogP contribution in [-0.4, -0.2) is 104 Å². The van der Waals surface area contributed by atoms with Crippen molar-refractivity contribution >= 4 is 28.2 Å². The Morgan fingerprint density at radius 3 is 2.53 bits per heavy atom. The molecular formula is C38H46N2O8S. The van der Waals surface area contributed by atoms with Crippen LogP contribution in [0.3, 0.4) is 0 Å². The molecule has 3 heterocycles. The molecule has 3 aromatic carbocycles. The third kappa shape index (κ3) is 10.4. The van der Waals surface area contributed by atoms with Crippen LogP contribution in [0.4, 0.5) is 4.79 Å². The number of rotatable bonds is 16. The number of morpholine rings is 1. The molecule has 2 aliphatic rings. The monoisotopic (exact) mass is 690 g/mol. The standard InChI is InChI=1S/C38H46N2O8S/c41-32(23-39-14-18-44-19-15-39)26-47-34-11-6-29-5-4-28(21-31(29)22-34)25-48-37-24-40(38(42)43)13-12-36(37)30-7-9-33(10-8-30)46-17-2-16-45-27-35-3-1-20-49-35/h1,3-11,20-22,32,36-37,41H,2,12-19,23-27H2,(H,42,43)/t32?,36-,37+/m0/s1. The van der Waals surface area contributed by atoms with Crippen molar-refractivity contribution in [2.75, 3.05) is 65.8 Å². The average molecular weight is 691 g/mol. The van der Waals surface area contributed by atoms with E-state index in [4.69, 9.17) is 23.7 Å². The lowest BCUT2D eigenvalue weighted by atomic mass is 9.87. The number of hydrogen-bond donors (Lipinski definition) is 2. The first kappa shape index (κ1) is 35.1. The Kier molecular flexibility index (Phi) is 12.8. The highest BCUT2D eigenvalue weighted by Crippen LogP contribution is 2.33. The van der Waals surface area contributed by atoms with Crippen molar-refractivity contribution in [2.24, 2.45) is 0 Å². The van der Waals surface area contributed by atoms with E-state index >= 15 is 0 Å². The number of thiophene rings is 1. The predicted molar refractivity (Wildman–Crippen MR) is 189 cm³/mol. The van der Waals surface area contributed by atoms with Crippen molar-refractivity contribution in [2.45, 2.75) is 44.2 Å². The number of aliphatic hydroxyl groups excluding tert-OH is 1. The van der Waals surface area contributed by atoms with Crippen LogP contribution in [0.25, 0.3) is 10.8 Å². The van der Waals surface area contributed by atoms with Crippen molar-refractivity contribution in [3.8, 4) is 11.5 Å². The zero-order valence-corrected chi connectivity index (χ0v) is 28.6. The van der Waals surface area contributed by atoms with Gasteiger partial charge in [-0.1, -0.05) is 36.4 Å². The van der Waals surface area contributed by atoms with Gasteiger partial charge < -0.3 is 38.8 Å². The van der Waals surface area contributed by atoms with Gasteiger partial charge in [0.15, 0.2) is 0 Å². The molecule has 49 heavy (non-hydrogen) atoms. The van der Waals surface area contributed by atoms with Gasteiger partial charge in [0.05, 0.1) is 52.3 Å². The molecule has 2 saturated heterocycles. The van der Waals surface area contributed by atoms with Crippen LogP contribution in [0, 0.1) is 0 Å². The van der Waals surface area contributed by atoms with Gasteiger partial charge in [-0.15, -0.1) is 11.3 Å². The first-order valence-electron chi connectivity index (χ1n) is 17.1. The van der Waals surface area contributed by atoms with Gasteiger partial charge >= 0.3 is 6.09 Å². The molecule has 10 nitrogen and oxygen atoms in total. The predicted octanol–water partition coefficient (Wildman–Crippen LogP) is 6.01. The van der Waals surface area contributed by atoms with Gasteiger partial charge in [0.1, 0.15) is 24.2 Å². The zero-order chi connectivity index (χ0) is 33.8. The van der Waals surface area contributed by atoms with E-state index in [0.29, 0.717) is 71.4 Å². The number of piperidine rings is 1. The minimum atomic E-state index is -0.927.